The first kappa shape index (κ1) is 20.4. The summed E-state index contributed by atoms with van der Waals surface area (Å²) in [5, 5.41) is 3.15. The summed E-state index contributed by atoms with van der Waals surface area (Å²) < 4.78 is 11.2. The quantitative estimate of drug-likeness (QED) is 0.586. The monoisotopic (exact) mass is 410 g/mol. The lowest BCUT2D eigenvalue weighted by Crippen LogP contribution is -2.22. The van der Waals surface area contributed by atoms with Crippen LogP contribution in [0.15, 0.2) is 54.6 Å². The van der Waals surface area contributed by atoms with Gasteiger partial charge in [-0.3, -0.25) is 9.59 Å². The first-order valence-electron chi connectivity index (χ1n) is 9.03. The van der Waals surface area contributed by atoms with E-state index in [0.29, 0.717) is 28.7 Å². The molecule has 29 heavy (non-hydrogen) atoms. The number of hydrogen-bond acceptors (Lipinski definition) is 5. The van der Waals surface area contributed by atoms with Crippen molar-refractivity contribution in [1.29, 1.82) is 0 Å². The fourth-order valence-electron chi connectivity index (χ4n) is 2.70. The van der Waals surface area contributed by atoms with Crippen LogP contribution in [0.1, 0.15) is 26.4 Å². The molecule has 7 heteroatoms. The Morgan fingerprint density at radius 1 is 0.966 bits per heavy atom. The molecule has 3 aromatic rings. The van der Waals surface area contributed by atoms with Crippen LogP contribution in [-0.2, 0) is 11.4 Å². The molecule has 2 aromatic carbocycles. The second kappa shape index (κ2) is 9.25. The van der Waals surface area contributed by atoms with Crippen molar-refractivity contribution in [2.75, 3.05) is 11.9 Å². The Hall–Kier alpha value is -3.32. The molecule has 0 saturated heterocycles. The second-order valence-corrected chi connectivity index (χ2v) is 7.66. The topological polar surface area (TPSA) is 90.7 Å². The number of nitrogens with one attached hydrogen (secondary N) is 1. The average Bonchev–Trinajstić information content (AvgIpc) is 2.99. The zero-order valence-electron chi connectivity index (χ0n) is 16.2. The van der Waals surface area contributed by atoms with E-state index in [-0.39, 0.29) is 12.5 Å². The SMILES string of the molecule is Cc1sc(NC(=O)COc2ccc(OCc3ccccc3)cc2)c(C(N)=O)c1C. The number of anilines is 1. The molecule has 0 radical (unpaired) electrons. The summed E-state index contributed by atoms with van der Waals surface area (Å²) >= 11 is 1.32. The van der Waals surface area contributed by atoms with Crippen LogP contribution in [0, 0.1) is 13.8 Å². The van der Waals surface area contributed by atoms with Crippen LogP contribution in [0.25, 0.3) is 0 Å². The van der Waals surface area contributed by atoms with Gasteiger partial charge in [-0.05, 0) is 49.2 Å². The van der Waals surface area contributed by atoms with E-state index in [4.69, 9.17) is 15.2 Å². The molecule has 0 spiro atoms. The summed E-state index contributed by atoms with van der Waals surface area (Å²) in [7, 11) is 0. The minimum atomic E-state index is -0.561. The number of rotatable bonds is 8. The zero-order chi connectivity index (χ0) is 20.8. The van der Waals surface area contributed by atoms with Crippen LogP contribution in [0.5, 0.6) is 11.5 Å². The van der Waals surface area contributed by atoms with Crippen LogP contribution >= 0.6 is 11.3 Å². The van der Waals surface area contributed by atoms with Gasteiger partial charge < -0.3 is 20.5 Å². The fourth-order valence-corrected chi connectivity index (χ4v) is 3.78. The Kier molecular flexibility index (Phi) is 6.51. The lowest BCUT2D eigenvalue weighted by atomic mass is 10.1. The van der Waals surface area contributed by atoms with Crippen molar-refractivity contribution in [3.8, 4) is 11.5 Å². The van der Waals surface area contributed by atoms with Gasteiger partial charge in [0.15, 0.2) is 6.61 Å². The Morgan fingerprint density at radius 2 is 1.59 bits per heavy atom. The number of benzene rings is 2. The highest BCUT2D eigenvalue weighted by Gasteiger charge is 2.19. The number of amides is 2. The van der Waals surface area contributed by atoms with Gasteiger partial charge in [-0.15, -0.1) is 11.3 Å². The zero-order valence-corrected chi connectivity index (χ0v) is 17.0. The minimum absolute atomic E-state index is 0.182. The average molecular weight is 410 g/mol. The van der Waals surface area contributed by atoms with Crippen LogP contribution < -0.4 is 20.5 Å². The van der Waals surface area contributed by atoms with Crippen LogP contribution in [0.4, 0.5) is 5.00 Å². The number of thiophene rings is 1. The van der Waals surface area contributed by atoms with Gasteiger partial charge in [0.1, 0.15) is 23.1 Å². The summed E-state index contributed by atoms with van der Waals surface area (Å²) in [5.41, 5.74) is 7.63. The molecule has 0 aliphatic rings. The number of ether oxygens (including phenoxy) is 2. The van der Waals surface area contributed by atoms with Gasteiger partial charge in [0.05, 0.1) is 5.56 Å². The fraction of sp³-hybridized carbons (Fsp3) is 0.182. The summed E-state index contributed by atoms with van der Waals surface area (Å²) in [6.07, 6.45) is 0. The number of aryl methyl sites for hydroxylation is 1. The lowest BCUT2D eigenvalue weighted by Gasteiger charge is -2.09. The molecule has 0 bridgehead atoms. The van der Waals surface area contributed by atoms with Gasteiger partial charge in [-0.1, -0.05) is 30.3 Å². The van der Waals surface area contributed by atoms with Crippen molar-refractivity contribution in [3.05, 3.63) is 76.2 Å². The summed E-state index contributed by atoms with van der Waals surface area (Å²) in [6, 6.07) is 16.9. The first-order chi connectivity index (χ1) is 13.9. The number of hydrogen-bond donors (Lipinski definition) is 2. The second-order valence-electron chi connectivity index (χ2n) is 6.43. The predicted molar refractivity (Wildman–Crippen MR) is 114 cm³/mol. The largest absolute Gasteiger partial charge is 0.489 e. The lowest BCUT2D eigenvalue weighted by molar-refractivity contribution is -0.118. The highest BCUT2D eigenvalue weighted by atomic mass is 32.1. The van der Waals surface area contributed by atoms with E-state index < -0.39 is 5.91 Å². The van der Waals surface area contributed by atoms with E-state index in [1.165, 1.54) is 11.3 Å². The van der Waals surface area contributed by atoms with E-state index in [9.17, 15) is 9.59 Å². The standard InChI is InChI=1S/C22H22N2O4S/c1-14-15(2)29-22(20(14)21(23)26)24-19(25)13-28-18-10-8-17(9-11-18)27-12-16-6-4-3-5-7-16/h3-11H,12-13H2,1-2H3,(H2,23,26)(H,24,25). The third-order valence-corrected chi connectivity index (χ3v) is 5.45. The van der Waals surface area contributed by atoms with E-state index in [1.807, 2.05) is 37.3 Å². The predicted octanol–water partition coefficient (Wildman–Crippen LogP) is 4.06. The van der Waals surface area contributed by atoms with Crippen molar-refractivity contribution in [2.24, 2.45) is 5.73 Å². The van der Waals surface area contributed by atoms with E-state index in [1.54, 1.807) is 31.2 Å². The van der Waals surface area contributed by atoms with E-state index in [0.717, 1.165) is 16.0 Å². The molecular weight excluding hydrogens is 388 g/mol. The Labute approximate surface area is 173 Å². The Bertz CT molecular complexity index is 998. The minimum Gasteiger partial charge on any atom is -0.489 e. The van der Waals surface area contributed by atoms with Crippen molar-refractivity contribution in [1.82, 2.24) is 0 Å². The third-order valence-electron chi connectivity index (χ3n) is 4.33. The van der Waals surface area contributed by atoms with Gasteiger partial charge >= 0.3 is 0 Å². The number of carbonyl (C=O) groups is 2. The molecule has 2 amide bonds. The van der Waals surface area contributed by atoms with Crippen LogP contribution in [0.2, 0.25) is 0 Å². The maximum Gasteiger partial charge on any atom is 0.262 e. The summed E-state index contributed by atoms with van der Waals surface area (Å²) in [6.45, 7) is 3.98. The summed E-state index contributed by atoms with van der Waals surface area (Å²) in [5.74, 6) is 0.328. The van der Waals surface area contributed by atoms with Crippen molar-refractivity contribution in [2.45, 2.75) is 20.5 Å². The molecule has 0 unspecified atom stereocenters. The molecule has 0 saturated carbocycles. The van der Waals surface area contributed by atoms with Crippen LogP contribution in [0.3, 0.4) is 0 Å². The third kappa shape index (κ3) is 5.36. The molecule has 150 valence electrons. The summed E-state index contributed by atoms with van der Waals surface area (Å²) in [4.78, 5) is 24.8. The van der Waals surface area contributed by atoms with Crippen molar-refractivity contribution in [3.63, 3.8) is 0 Å². The number of carbonyl (C=O) groups excluding carboxylic acids is 2. The Morgan fingerprint density at radius 3 is 2.21 bits per heavy atom. The number of nitrogens with two attached hydrogens (primary N) is 1. The van der Waals surface area contributed by atoms with Gasteiger partial charge in [0.2, 0.25) is 0 Å². The molecule has 6 nitrogen and oxygen atoms in total. The maximum absolute atomic E-state index is 12.2. The highest BCUT2D eigenvalue weighted by Crippen LogP contribution is 2.32. The molecular formula is C22H22N2O4S. The maximum atomic E-state index is 12.2. The van der Waals surface area contributed by atoms with Crippen molar-refractivity contribution < 1.29 is 19.1 Å². The van der Waals surface area contributed by atoms with Gasteiger partial charge in [-0.2, -0.15) is 0 Å². The van der Waals surface area contributed by atoms with E-state index >= 15 is 0 Å². The smallest absolute Gasteiger partial charge is 0.262 e. The molecule has 3 N–H and O–H groups in total. The molecule has 0 fully saturated rings. The van der Waals surface area contributed by atoms with Gasteiger partial charge in [0, 0.05) is 4.88 Å². The molecule has 1 aromatic heterocycles. The molecule has 1 heterocycles. The highest BCUT2D eigenvalue weighted by molar-refractivity contribution is 7.16. The molecule has 0 atom stereocenters. The molecule has 0 aliphatic heterocycles. The van der Waals surface area contributed by atoms with Crippen LogP contribution in [-0.4, -0.2) is 18.4 Å². The van der Waals surface area contributed by atoms with Crippen molar-refractivity contribution >= 4 is 28.2 Å². The molecule has 0 aliphatic carbocycles. The van der Waals surface area contributed by atoms with E-state index in [2.05, 4.69) is 5.32 Å². The van der Waals surface area contributed by atoms with Gasteiger partial charge in [-0.25, -0.2) is 0 Å². The van der Waals surface area contributed by atoms with Gasteiger partial charge in [0.25, 0.3) is 11.8 Å². The first-order valence-corrected chi connectivity index (χ1v) is 9.85. The normalized spacial score (nSPS) is 10.4. The Balaban J connectivity index is 1.52. The molecule has 3 rings (SSSR count). The number of primary amides is 1.